The molecular formula is C14H22O4. The van der Waals surface area contributed by atoms with Crippen molar-refractivity contribution in [2.24, 2.45) is 0 Å². The predicted octanol–water partition coefficient (Wildman–Crippen LogP) is 2.17. The van der Waals surface area contributed by atoms with Gasteiger partial charge in [0.05, 0.1) is 13.2 Å². The molecule has 0 aromatic heterocycles. The van der Waals surface area contributed by atoms with Crippen molar-refractivity contribution in [2.45, 2.75) is 19.4 Å². The summed E-state index contributed by atoms with van der Waals surface area (Å²) >= 11 is 0. The Morgan fingerprint density at radius 1 is 1.17 bits per heavy atom. The summed E-state index contributed by atoms with van der Waals surface area (Å²) in [6.45, 7) is 3.98. The van der Waals surface area contributed by atoms with Gasteiger partial charge in [0.25, 0.3) is 0 Å². The molecule has 0 fully saturated rings. The molecule has 1 rings (SSSR count). The lowest BCUT2D eigenvalue weighted by atomic mass is 10.1. The lowest BCUT2D eigenvalue weighted by Gasteiger charge is -2.16. The largest absolute Gasteiger partial charge is 0.491 e. The predicted molar refractivity (Wildman–Crippen MR) is 69.9 cm³/mol. The highest BCUT2D eigenvalue weighted by Crippen LogP contribution is 2.25. The summed E-state index contributed by atoms with van der Waals surface area (Å²) in [5.74, 6) is 0.683. The first-order valence-electron chi connectivity index (χ1n) is 6.26. The van der Waals surface area contributed by atoms with Gasteiger partial charge in [-0.2, -0.15) is 0 Å². The second kappa shape index (κ2) is 8.91. The van der Waals surface area contributed by atoms with Gasteiger partial charge in [-0.25, -0.2) is 0 Å². The Morgan fingerprint density at radius 3 is 2.67 bits per heavy atom. The quantitative estimate of drug-likeness (QED) is 0.686. The van der Waals surface area contributed by atoms with Gasteiger partial charge in [-0.1, -0.05) is 25.1 Å². The fraction of sp³-hybridized carbons (Fsp3) is 0.571. The Morgan fingerprint density at radius 2 is 1.94 bits per heavy atom. The molecule has 1 unspecified atom stereocenters. The van der Waals surface area contributed by atoms with Crippen LogP contribution in [-0.4, -0.2) is 38.6 Å². The van der Waals surface area contributed by atoms with Crippen LogP contribution in [0.2, 0.25) is 0 Å². The van der Waals surface area contributed by atoms with Crippen molar-refractivity contribution in [2.75, 3.05) is 33.5 Å². The Hall–Kier alpha value is -1.10. The van der Waals surface area contributed by atoms with Gasteiger partial charge >= 0.3 is 0 Å². The normalized spacial score (nSPS) is 12.4. The van der Waals surface area contributed by atoms with E-state index >= 15 is 0 Å². The summed E-state index contributed by atoms with van der Waals surface area (Å²) in [5, 5.41) is 10.0. The SMILES string of the molecule is CCCOCC(O)c1ccccc1OCCOC. The number of benzene rings is 1. The van der Waals surface area contributed by atoms with Crippen molar-refractivity contribution >= 4 is 0 Å². The molecule has 0 aliphatic heterocycles. The molecule has 0 bridgehead atoms. The van der Waals surface area contributed by atoms with Gasteiger partial charge in [-0.05, 0) is 12.5 Å². The lowest BCUT2D eigenvalue weighted by Crippen LogP contribution is -2.11. The molecule has 4 nitrogen and oxygen atoms in total. The minimum Gasteiger partial charge on any atom is -0.491 e. The average Bonchev–Trinajstić information content (AvgIpc) is 2.40. The van der Waals surface area contributed by atoms with E-state index in [1.54, 1.807) is 7.11 Å². The standard InChI is InChI=1S/C14H22O4/c1-3-8-17-11-13(15)12-6-4-5-7-14(12)18-10-9-16-2/h4-7,13,15H,3,8-11H2,1-2H3. The van der Waals surface area contributed by atoms with Crippen molar-refractivity contribution in [3.63, 3.8) is 0 Å². The van der Waals surface area contributed by atoms with Crippen LogP contribution in [0, 0.1) is 0 Å². The maximum Gasteiger partial charge on any atom is 0.125 e. The van der Waals surface area contributed by atoms with Gasteiger partial charge in [0, 0.05) is 19.3 Å². The number of methoxy groups -OCH3 is 1. The highest BCUT2D eigenvalue weighted by Gasteiger charge is 2.13. The summed E-state index contributed by atoms with van der Waals surface area (Å²) in [4.78, 5) is 0. The smallest absolute Gasteiger partial charge is 0.125 e. The van der Waals surface area contributed by atoms with Gasteiger partial charge in [-0.3, -0.25) is 0 Å². The maximum atomic E-state index is 10.0. The van der Waals surface area contributed by atoms with Crippen molar-refractivity contribution in [1.29, 1.82) is 0 Å². The van der Waals surface area contributed by atoms with Crippen molar-refractivity contribution in [3.8, 4) is 5.75 Å². The number of ether oxygens (including phenoxy) is 3. The average molecular weight is 254 g/mol. The summed E-state index contributed by atoms with van der Waals surface area (Å²) in [6.07, 6.45) is 0.286. The van der Waals surface area contributed by atoms with E-state index in [9.17, 15) is 5.11 Å². The molecular weight excluding hydrogens is 232 g/mol. The molecule has 18 heavy (non-hydrogen) atoms. The zero-order valence-electron chi connectivity index (χ0n) is 11.1. The van der Waals surface area contributed by atoms with E-state index in [0.717, 1.165) is 12.0 Å². The Balaban J connectivity index is 2.56. The summed E-state index contributed by atoms with van der Waals surface area (Å²) in [7, 11) is 1.63. The minimum absolute atomic E-state index is 0.290. The molecule has 0 spiro atoms. The highest BCUT2D eigenvalue weighted by atomic mass is 16.5. The Kier molecular flexibility index (Phi) is 7.41. The number of aliphatic hydroxyl groups excluding tert-OH is 1. The van der Waals surface area contributed by atoms with Crippen LogP contribution in [-0.2, 0) is 9.47 Å². The number of rotatable bonds is 9. The van der Waals surface area contributed by atoms with E-state index in [2.05, 4.69) is 0 Å². The van der Waals surface area contributed by atoms with E-state index in [4.69, 9.17) is 14.2 Å². The zero-order chi connectivity index (χ0) is 13.2. The first kappa shape index (κ1) is 15.0. The molecule has 102 valence electrons. The fourth-order valence-electron chi connectivity index (χ4n) is 1.55. The topological polar surface area (TPSA) is 47.9 Å². The van der Waals surface area contributed by atoms with Gasteiger partial charge < -0.3 is 19.3 Å². The van der Waals surface area contributed by atoms with Gasteiger partial charge in [0.15, 0.2) is 0 Å². The van der Waals surface area contributed by atoms with Crippen molar-refractivity contribution < 1.29 is 19.3 Å². The molecule has 4 heteroatoms. The van der Waals surface area contributed by atoms with Crippen molar-refractivity contribution in [1.82, 2.24) is 0 Å². The van der Waals surface area contributed by atoms with E-state index in [-0.39, 0.29) is 0 Å². The second-order valence-electron chi connectivity index (χ2n) is 3.97. The number of para-hydroxylation sites is 1. The van der Waals surface area contributed by atoms with Gasteiger partial charge in [0.2, 0.25) is 0 Å². The molecule has 0 aliphatic carbocycles. The molecule has 0 saturated heterocycles. The third-order valence-electron chi connectivity index (χ3n) is 2.45. The summed E-state index contributed by atoms with van der Waals surface area (Å²) in [5.41, 5.74) is 0.754. The van der Waals surface area contributed by atoms with Crippen LogP contribution in [0.15, 0.2) is 24.3 Å². The van der Waals surface area contributed by atoms with Crippen LogP contribution in [0.4, 0.5) is 0 Å². The molecule has 1 atom stereocenters. The van der Waals surface area contributed by atoms with E-state index in [1.165, 1.54) is 0 Å². The molecule has 0 heterocycles. The number of hydrogen-bond acceptors (Lipinski definition) is 4. The summed E-state index contributed by atoms with van der Waals surface area (Å²) in [6, 6.07) is 7.45. The molecule has 0 saturated carbocycles. The lowest BCUT2D eigenvalue weighted by molar-refractivity contribution is 0.0344. The first-order valence-corrected chi connectivity index (χ1v) is 6.26. The second-order valence-corrected chi connectivity index (χ2v) is 3.97. The summed E-state index contributed by atoms with van der Waals surface area (Å²) < 4.78 is 15.8. The molecule has 0 aliphatic rings. The number of aliphatic hydroxyl groups is 1. The van der Waals surface area contributed by atoms with E-state index in [1.807, 2.05) is 31.2 Å². The molecule has 0 radical (unpaired) electrons. The van der Waals surface area contributed by atoms with Crippen LogP contribution in [0.1, 0.15) is 25.0 Å². The van der Waals surface area contributed by atoms with E-state index < -0.39 is 6.10 Å². The van der Waals surface area contributed by atoms with Crippen LogP contribution in [0.5, 0.6) is 5.75 Å². The van der Waals surface area contributed by atoms with Crippen LogP contribution in [0.25, 0.3) is 0 Å². The minimum atomic E-state index is -0.657. The third-order valence-corrected chi connectivity index (χ3v) is 2.45. The van der Waals surface area contributed by atoms with Gasteiger partial charge in [-0.15, -0.1) is 0 Å². The first-order chi connectivity index (χ1) is 8.79. The Bertz CT molecular complexity index is 327. The van der Waals surface area contributed by atoms with Crippen molar-refractivity contribution in [3.05, 3.63) is 29.8 Å². The van der Waals surface area contributed by atoms with Crippen LogP contribution >= 0.6 is 0 Å². The van der Waals surface area contributed by atoms with E-state index in [0.29, 0.717) is 32.2 Å². The molecule has 1 N–H and O–H groups in total. The van der Waals surface area contributed by atoms with Crippen LogP contribution < -0.4 is 4.74 Å². The third kappa shape index (κ3) is 5.04. The highest BCUT2D eigenvalue weighted by molar-refractivity contribution is 5.35. The Labute approximate surface area is 108 Å². The molecule has 1 aromatic rings. The number of hydrogen-bond donors (Lipinski definition) is 1. The fourth-order valence-corrected chi connectivity index (χ4v) is 1.55. The molecule has 0 amide bonds. The maximum absolute atomic E-state index is 10.0. The monoisotopic (exact) mass is 254 g/mol. The zero-order valence-corrected chi connectivity index (χ0v) is 11.1. The molecule has 1 aromatic carbocycles. The van der Waals surface area contributed by atoms with Gasteiger partial charge in [0.1, 0.15) is 18.5 Å². The van der Waals surface area contributed by atoms with Crippen LogP contribution in [0.3, 0.4) is 0 Å².